The van der Waals surface area contributed by atoms with Gasteiger partial charge in [-0.15, -0.1) is 0 Å². The minimum absolute atomic E-state index is 0.474. The lowest BCUT2D eigenvalue weighted by Crippen LogP contribution is -2.09. The van der Waals surface area contributed by atoms with Crippen LogP contribution in [0.3, 0.4) is 0 Å². The molecule has 74 valence electrons. The van der Waals surface area contributed by atoms with E-state index in [9.17, 15) is 0 Å². The van der Waals surface area contributed by atoms with Crippen LogP contribution in [0.4, 0.5) is 0 Å². The SMILES string of the molecule is CCCCCCCCC(O)(Cl)Cl. The topological polar surface area (TPSA) is 20.2 Å². The summed E-state index contributed by atoms with van der Waals surface area (Å²) >= 11 is 10.8. The number of alkyl halides is 2. The Kier molecular flexibility index (Phi) is 7.31. The van der Waals surface area contributed by atoms with E-state index in [0.717, 1.165) is 12.8 Å². The number of unbranched alkanes of at least 4 members (excludes halogenated alkanes) is 5. The van der Waals surface area contributed by atoms with Gasteiger partial charge in [0.15, 0.2) is 0 Å². The van der Waals surface area contributed by atoms with Crippen LogP contribution in [-0.4, -0.2) is 9.63 Å². The van der Waals surface area contributed by atoms with Crippen molar-refractivity contribution < 1.29 is 5.11 Å². The summed E-state index contributed by atoms with van der Waals surface area (Å²) in [5, 5.41) is 8.95. The number of halogens is 2. The molecular weight excluding hydrogens is 195 g/mol. The number of hydrogen-bond donors (Lipinski definition) is 1. The van der Waals surface area contributed by atoms with Gasteiger partial charge in [0.1, 0.15) is 0 Å². The molecular formula is C9H18Cl2O. The van der Waals surface area contributed by atoms with E-state index in [0.29, 0.717) is 6.42 Å². The largest absolute Gasteiger partial charge is 0.363 e. The van der Waals surface area contributed by atoms with Crippen molar-refractivity contribution in [1.29, 1.82) is 0 Å². The first-order valence-electron chi connectivity index (χ1n) is 4.66. The first-order chi connectivity index (χ1) is 5.56. The van der Waals surface area contributed by atoms with Gasteiger partial charge in [0.25, 0.3) is 0 Å². The quantitative estimate of drug-likeness (QED) is 0.502. The summed E-state index contributed by atoms with van der Waals surface area (Å²) in [5.74, 6) is 0. The van der Waals surface area contributed by atoms with Crippen LogP contribution in [-0.2, 0) is 0 Å². The van der Waals surface area contributed by atoms with Crippen molar-refractivity contribution >= 4 is 23.2 Å². The average Bonchev–Trinajstić information content (AvgIpc) is 1.94. The Bertz CT molecular complexity index is 99.2. The van der Waals surface area contributed by atoms with E-state index in [2.05, 4.69) is 6.92 Å². The normalized spacial score (nSPS) is 12.0. The Morgan fingerprint density at radius 2 is 1.50 bits per heavy atom. The lowest BCUT2D eigenvalue weighted by molar-refractivity contribution is 0.199. The first kappa shape index (κ1) is 12.5. The van der Waals surface area contributed by atoms with Gasteiger partial charge >= 0.3 is 0 Å². The Balaban J connectivity index is 3.01. The van der Waals surface area contributed by atoms with Gasteiger partial charge in [-0.3, -0.25) is 0 Å². The second-order valence-corrected chi connectivity index (χ2v) is 4.63. The molecule has 0 bridgehead atoms. The summed E-state index contributed by atoms with van der Waals surface area (Å²) < 4.78 is -1.51. The van der Waals surface area contributed by atoms with Crippen molar-refractivity contribution in [1.82, 2.24) is 0 Å². The number of hydrogen-bond acceptors (Lipinski definition) is 1. The molecule has 0 amide bonds. The minimum atomic E-state index is -1.51. The van der Waals surface area contributed by atoms with Crippen LogP contribution in [0.5, 0.6) is 0 Å². The molecule has 0 heterocycles. The lowest BCUT2D eigenvalue weighted by atomic mass is 10.1. The zero-order valence-corrected chi connectivity index (χ0v) is 9.16. The molecule has 1 nitrogen and oxygen atoms in total. The molecule has 3 heteroatoms. The highest BCUT2D eigenvalue weighted by atomic mass is 35.5. The monoisotopic (exact) mass is 212 g/mol. The molecule has 0 saturated carbocycles. The van der Waals surface area contributed by atoms with Gasteiger partial charge in [0.2, 0.25) is 4.52 Å². The van der Waals surface area contributed by atoms with Crippen molar-refractivity contribution in [3.05, 3.63) is 0 Å². The van der Waals surface area contributed by atoms with Crippen molar-refractivity contribution in [3.63, 3.8) is 0 Å². The predicted octanol–water partition coefficient (Wildman–Crippen LogP) is 3.86. The highest BCUT2D eigenvalue weighted by Gasteiger charge is 2.17. The first-order valence-corrected chi connectivity index (χ1v) is 5.42. The molecule has 1 N–H and O–H groups in total. The van der Waals surface area contributed by atoms with Gasteiger partial charge in [-0.2, -0.15) is 0 Å². The molecule has 0 aromatic heterocycles. The molecule has 0 fully saturated rings. The molecule has 0 saturated heterocycles. The van der Waals surface area contributed by atoms with Crippen molar-refractivity contribution in [2.45, 2.75) is 56.4 Å². The molecule has 0 aromatic rings. The Morgan fingerprint density at radius 1 is 1.00 bits per heavy atom. The van der Waals surface area contributed by atoms with Crippen LogP contribution in [0.25, 0.3) is 0 Å². The van der Waals surface area contributed by atoms with Gasteiger partial charge in [-0.05, 0) is 6.42 Å². The molecule has 0 radical (unpaired) electrons. The fourth-order valence-electron chi connectivity index (χ4n) is 1.12. The molecule has 0 aliphatic carbocycles. The summed E-state index contributed by atoms with van der Waals surface area (Å²) in [6, 6.07) is 0. The number of rotatable bonds is 7. The maximum atomic E-state index is 8.95. The van der Waals surface area contributed by atoms with Crippen LogP contribution < -0.4 is 0 Å². The third kappa shape index (κ3) is 10.5. The van der Waals surface area contributed by atoms with Crippen LogP contribution >= 0.6 is 23.2 Å². The van der Waals surface area contributed by atoms with Gasteiger partial charge in [0.05, 0.1) is 0 Å². The maximum Gasteiger partial charge on any atom is 0.214 e. The van der Waals surface area contributed by atoms with Gasteiger partial charge in [0, 0.05) is 6.42 Å². The minimum Gasteiger partial charge on any atom is -0.363 e. The summed E-state index contributed by atoms with van der Waals surface area (Å²) in [6.45, 7) is 2.19. The third-order valence-electron chi connectivity index (χ3n) is 1.83. The maximum absolute atomic E-state index is 8.95. The number of aliphatic hydroxyl groups is 1. The van der Waals surface area contributed by atoms with Crippen molar-refractivity contribution in [3.8, 4) is 0 Å². The predicted molar refractivity (Wildman–Crippen MR) is 54.6 cm³/mol. The Hall–Kier alpha value is 0.540. The van der Waals surface area contributed by atoms with Gasteiger partial charge < -0.3 is 5.11 Å². The fourth-order valence-corrected chi connectivity index (χ4v) is 1.39. The van der Waals surface area contributed by atoms with Crippen LogP contribution in [0.15, 0.2) is 0 Å². The summed E-state index contributed by atoms with van der Waals surface area (Å²) in [4.78, 5) is 0. The Morgan fingerprint density at radius 3 is 2.00 bits per heavy atom. The molecule has 0 aromatic carbocycles. The molecule has 0 spiro atoms. The third-order valence-corrected chi connectivity index (χ3v) is 2.21. The van der Waals surface area contributed by atoms with E-state index >= 15 is 0 Å². The standard InChI is InChI=1S/C9H18Cl2O/c1-2-3-4-5-6-7-8-9(10,11)12/h12H,2-8H2,1H3. The fraction of sp³-hybridized carbons (Fsp3) is 1.00. The molecule has 0 rings (SSSR count). The molecule has 0 aliphatic heterocycles. The van der Waals surface area contributed by atoms with E-state index in [-0.39, 0.29) is 0 Å². The van der Waals surface area contributed by atoms with E-state index in [4.69, 9.17) is 28.3 Å². The van der Waals surface area contributed by atoms with Gasteiger partial charge in [-0.1, -0.05) is 62.2 Å². The molecule has 0 unspecified atom stereocenters. The summed E-state index contributed by atoms with van der Waals surface area (Å²) in [6.07, 6.45) is 7.55. The van der Waals surface area contributed by atoms with Crippen LogP contribution in [0.2, 0.25) is 0 Å². The Labute approximate surface area is 85.1 Å². The summed E-state index contributed by atoms with van der Waals surface area (Å²) in [5.41, 5.74) is 0. The molecule has 12 heavy (non-hydrogen) atoms. The van der Waals surface area contributed by atoms with Crippen LogP contribution in [0.1, 0.15) is 51.9 Å². The second kappa shape index (κ2) is 6.99. The highest BCUT2D eigenvalue weighted by molar-refractivity contribution is 6.46. The zero-order valence-electron chi connectivity index (χ0n) is 7.65. The second-order valence-electron chi connectivity index (χ2n) is 3.18. The van der Waals surface area contributed by atoms with Gasteiger partial charge in [-0.25, -0.2) is 0 Å². The highest BCUT2D eigenvalue weighted by Crippen LogP contribution is 2.24. The zero-order chi connectivity index (χ0) is 9.45. The van der Waals surface area contributed by atoms with E-state index in [1.807, 2.05) is 0 Å². The van der Waals surface area contributed by atoms with Crippen molar-refractivity contribution in [2.75, 3.05) is 0 Å². The smallest absolute Gasteiger partial charge is 0.214 e. The summed E-state index contributed by atoms with van der Waals surface area (Å²) in [7, 11) is 0. The molecule has 0 aliphatic rings. The average molecular weight is 213 g/mol. The van der Waals surface area contributed by atoms with E-state index < -0.39 is 4.52 Å². The van der Waals surface area contributed by atoms with Crippen molar-refractivity contribution in [2.24, 2.45) is 0 Å². The lowest BCUT2D eigenvalue weighted by Gasteiger charge is -2.10. The van der Waals surface area contributed by atoms with E-state index in [1.165, 1.54) is 25.7 Å². The molecule has 0 atom stereocenters. The van der Waals surface area contributed by atoms with Crippen LogP contribution in [0, 0.1) is 0 Å². The van der Waals surface area contributed by atoms with E-state index in [1.54, 1.807) is 0 Å².